The Labute approximate surface area is 110 Å². The average molecular weight is 271 g/mol. The topological polar surface area (TPSA) is 77.2 Å². The first-order valence-electron chi connectivity index (χ1n) is 6.04. The molecule has 1 heterocycles. The van der Waals surface area contributed by atoms with Crippen LogP contribution in [0.15, 0.2) is 9.64 Å². The van der Waals surface area contributed by atoms with Crippen LogP contribution in [0.1, 0.15) is 25.7 Å². The zero-order chi connectivity index (χ0) is 13.0. The summed E-state index contributed by atoms with van der Waals surface area (Å²) in [6.45, 7) is 3.94. The van der Waals surface area contributed by atoms with Gasteiger partial charge in [0.1, 0.15) is 6.04 Å². The van der Waals surface area contributed by atoms with Gasteiger partial charge in [0.05, 0.1) is 6.61 Å². The minimum Gasteiger partial charge on any atom is -0.465 e. The number of aryl methyl sites for hydroxylation is 1. The third-order valence-corrected chi connectivity index (χ3v) is 3.38. The Bertz CT molecular complexity index is 406. The van der Waals surface area contributed by atoms with Gasteiger partial charge in [-0.3, -0.25) is 4.79 Å². The normalized spacial score (nSPS) is 16.6. The van der Waals surface area contributed by atoms with Crippen LogP contribution in [0.2, 0.25) is 0 Å². The van der Waals surface area contributed by atoms with Crippen LogP contribution in [0.5, 0.6) is 0 Å². The molecule has 1 aliphatic rings. The summed E-state index contributed by atoms with van der Waals surface area (Å²) in [5, 5.41) is 11.4. The van der Waals surface area contributed by atoms with Gasteiger partial charge in [0.25, 0.3) is 5.22 Å². The molecule has 1 fully saturated rings. The fourth-order valence-electron chi connectivity index (χ4n) is 1.45. The molecule has 1 aromatic rings. The zero-order valence-corrected chi connectivity index (χ0v) is 11.3. The average Bonchev–Trinajstić information content (AvgIpc) is 3.06. The van der Waals surface area contributed by atoms with Gasteiger partial charge in [-0.25, -0.2) is 0 Å². The molecule has 0 amide bonds. The molecule has 7 heteroatoms. The van der Waals surface area contributed by atoms with E-state index in [4.69, 9.17) is 9.15 Å². The summed E-state index contributed by atoms with van der Waals surface area (Å²) in [5.41, 5.74) is 0. The molecule has 1 aliphatic carbocycles. The van der Waals surface area contributed by atoms with Crippen molar-refractivity contribution in [3.63, 3.8) is 0 Å². The van der Waals surface area contributed by atoms with E-state index in [0.717, 1.165) is 12.8 Å². The van der Waals surface area contributed by atoms with Crippen molar-refractivity contribution in [2.75, 3.05) is 12.4 Å². The van der Waals surface area contributed by atoms with Crippen LogP contribution in [-0.4, -0.2) is 40.6 Å². The number of aromatic nitrogens is 2. The highest BCUT2D eigenvalue weighted by molar-refractivity contribution is 7.99. The highest BCUT2D eigenvalue weighted by Crippen LogP contribution is 2.22. The maximum atomic E-state index is 11.8. The lowest BCUT2D eigenvalue weighted by molar-refractivity contribution is -0.145. The number of esters is 1. The lowest BCUT2D eigenvalue weighted by Gasteiger charge is -2.15. The van der Waals surface area contributed by atoms with E-state index in [1.807, 2.05) is 0 Å². The number of thioether (sulfide) groups is 1. The van der Waals surface area contributed by atoms with Crippen LogP contribution >= 0.6 is 11.8 Å². The summed E-state index contributed by atoms with van der Waals surface area (Å²) in [7, 11) is 0. The first-order chi connectivity index (χ1) is 8.69. The lowest BCUT2D eigenvalue weighted by atomic mass is 10.3. The number of carbonyl (C=O) groups is 1. The third-order valence-electron chi connectivity index (χ3n) is 2.47. The molecule has 1 atom stereocenters. The van der Waals surface area contributed by atoms with E-state index < -0.39 is 0 Å². The van der Waals surface area contributed by atoms with Gasteiger partial charge in [0.15, 0.2) is 0 Å². The zero-order valence-electron chi connectivity index (χ0n) is 10.5. The molecule has 0 bridgehead atoms. The third kappa shape index (κ3) is 3.99. The first-order valence-corrected chi connectivity index (χ1v) is 7.03. The Kier molecular flexibility index (Phi) is 4.60. The van der Waals surface area contributed by atoms with Crippen molar-refractivity contribution in [3.05, 3.63) is 5.89 Å². The van der Waals surface area contributed by atoms with Gasteiger partial charge in [-0.15, -0.1) is 10.2 Å². The summed E-state index contributed by atoms with van der Waals surface area (Å²) >= 11 is 1.37. The fraction of sp³-hybridized carbons (Fsp3) is 0.727. The molecule has 0 aliphatic heterocycles. The second-order valence-electron chi connectivity index (χ2n) is 4.14. The number of nitrogens with zero attached hydrogens (tertiary/aromatic N) is 2. The molecule has 18 heavy (non-hydrogen) atoms. The van der Waals surface area contributed by atoms with E-state index >= 15 is 0 Å². The highest BCUT2D eigenvalue weighted by atomic mass is 32.2. The molecule has 1 saturated carbocycles. The van der Waals surface area contributed by atoms with E-state index in [2.05, 4.69) is 15.5 Å². The van der Waals surface area contributed by atoms with E-state index in [1.54, 1.807) is 13.8 Å². The van der Waals surface area contributed by atoms with Crippen molar-refractivity contribution in [3.8, 4) is 0 Å². The molecule has 100 valence electrons. The smallest absolute Gasteiger partial charge is 0.324 e. The Morgan fingerprint density at radius 1 is 1.61 bits per heavy atom. The SMILES string of the molecule is CCOC(=O)C(CSc1nnc(C)o1)NC1CC1. The summed E-state index contributed by atoms with van der Waals surface area (Å²) < 4.78 is 10.3. The minimum absolute atomic E-state index is 0.215. The summed E-state index contributed by atoms with van der Waals surface area (Å²) in [6.07, 6.45) is 2.25. The Balaban J connectivity index is 1.85. The van der Waals surface area contributed by atoms with E-state index in [9.17, 15) is 4.79 Å². The number of carbonyl (C=O) groups excluding carboxylic acids is 1. The van der Waals surface area contributed by atoms with Crippen LogP contribution in [0.4, 0.5) is 0 Å². The fourth-order valence-corrected chi connectivity index (χ4v) is 2.27. The van der Waals surface area contributed by atoms with E-state index in [-0.39, 0.29) is 12.0 Å². The van der Waals surface area contributed by atoms with E-state index in [0.29, 0.717) is 29.5 Å². The van der Waals surface area contributed by atoms with Crippen LogP contribution in [0, 0.1) is 6.92 Å². The molecular formula is C11H17N3O3S. The van der Waals surface area contributed by atoms with Crippen molar-refractivity contribution in [2.24, 2.45) is 0 Å². The predicted octanol–water partition coefficient (Wildman–Crippen LogP) is 1.15. The summed E-state index contributed by atoms with van der Waals surface area (Å²) in [5.74, 6) is 0.852. The van der Waals surface area contributed by atoms with Crippen LogP contribution < -0.4 is 5.32 Å². The van der Waals surface area contributed by atoms with Crippen molar-refractivity contribution in [1.29, 1.82) is 0 Å². The minimum atomic E-state index is -0.311. The van der Waals surface area contributed by atoms with Crippen molar-refractivity contribution < 1.29 is 13.9 Å². The highest BCUT2D eigenvalue weighted by Gasteiger charge is 2.29. The number of hydrogen-bond acceptors (Lipinski definition) is 7. The largest absolute Gasteiger partial charge is 0.465 e. The number of hydrogen-bond donors (Lipinski definition) is 1. The molecule has 0 aromatic carbocycles. The number of nitrogens with one attached hydrogen (secondary N) is 1. The van der Waals surface area contributed by atoms with Gasteiger partial charge in [0.2, 0.25) is 5.89 Å². The number of rotatable bonds is 7. The van der Waals surface area contributed by atoms with Gasteiger partial charge in [-0.05, 0) is 19.8 Å². The van der Waals surface area contributed by atoms with Crippen molar-refractivity contribution >= 4 is 17.7 Å². The Hall–Kier alpha value is -1.08. The summed E-state index contributed by atoms with van der Waals surface area (Å²) in [6, 6.07) is 0.138. The molecule has 1 aromatic heterocycles. The molecule has 1 unspecified atom stereocenters. The molecule has 0 spiro atoms. The standard InChI is InChI=1S/C11H17N3O3S/c1-3-16-10(15)9(12-8-4-5-8)6-18-11-14-13-7(2)17-11/h8-9,12H,3-6H2,1-2H3. The molecule has 1 N–H and O–H groups in total. The lowest BCUT2D eigenvalue weighted by Crippen LogP contribution is -2.41. The van der Waals surface area contributed by atoms with Gasteiger partial charge in [0, 0.05) is 18.7 Å². The second kappa shape index (κ2) is 6.19. The van der Waals surface area contributed by atoms with Crippen LogP contribution in [0.3, 0.4) is 0 Å². The molecule has 2 rings (SSSR count). The predicted molar refractivity (Wildman–Crippen MR) is 66.3 cm³/mol. The Morgan fingerprint density at radius 2 is 2.39 bits per heavy atom. The molecular weight excluding hydrogens is 254 g/mol. The second-order valence-corrected chi connectivity index (χ2v) is 5.11. The van der Waals surface area contributed by atoms with Crippen LogP contribution in [-0.2, 0) is 9.53 Å². The quantitative estimate of drug-likeness (QED) is 0.589. The van der Waals surface area contributed by atoms with Gasteiger partial charge in [-0.2, -0.15) is 0 Å². The molecule has 6 nitrogen and oxygen atoms in total. The van der Waals surface area contributed by atoms with Crippen LogP contribution in [0.25, 0.3) is 0 Å². The first kappa shape index (κ1) is 13.4. The van der Waals surface area contributed by atoms with Gasteiger partial charge < -0.3 is 14.5 Å². The van der Waals surface area contributed by atoms with E-state index in [1.165, 1.54) is 11.8 Å². The molecule has 0 radical (unpaired) electrons. The monoisotopic (exact) mass is 271 g/mol. The maximum absolute atomic E-state index is 11.8. The summed E-state index contributed by atoms with van der Waals surface area (Å²) in [4.78, 5) is 11.8. The van der Waals surface area contributed by atoms with Crippen molar-refractivity contribution in [1.82, 2.24) is 15.5 Å². The maximum Gasteiger partial charge on any atom is 0.324 e. The number of ether oxygens (including phenoxy) is 1. The van der Waals surface area contributed by atoms with Gasteiger partial charge in [-0.1, -0.05) is 11.8 Å². The Morgan fingerprint density at radius 3 is 2.94 bits per heavy atom. The van der Waals surface area contributed by atoms with Gasteiger partial charge >= 0.3 is 5.97 Å². The van der Waals surface area contributed by atoms with Crippen molar-refractivity contribution in [2.45, 2.75) is 44.0 Å². The molecule has 0 saturated heterocycles.